The first kappa shape index (κ1) is 16.4. The second kappa shape index (κ2) is 7.79. The summed E-state index contributed by atoms with van der Waals surface area (Å²) >= 11 is 0. The Morgan fingerprint density at radius 3 is 2.75 bits per heavy atom. The van der Waals surface area contributed by atoms with Crippen LogP contribution in [-0.2, 0) is 0 Å². The van der Waals surface area contributed by atoms with E-state index in [0.717, 1.165) is 25.9 Å². The van der Waals surface area contributed by atoms with E-state index >= 15 is 0 Å². The predicted molar refractivity (Wildman–Crippen MR) is 81.1 cm³/mol. The molecule has 1 aromatic rings. The standard InChI is InChI=1S/C14H24N4O2/c1-11(2)17(4)8-6-5-7-15-14-9-13(18(19)20)12(3)10-16-14/h9-11H,5-8H2,1-4H3,(H,15,16). The highest BCUT2D eigenvalue weighted by Crippen LogP contribution is 2.19. The molecule has 0 aromatic carbocycles. The highest BCUT2D eigenvalue weighted by atomic mass is 16.6. The van der Waals surface area contributed by atoms with E-state index in [0.29, 0.717) is 17.4 Å². The number of aromatic nitrogens is 1. The van der Waals surface area contributed by atoms with Crippen LogP contribution in [0.3, 0.4) is 0 Å². The molecule has 0 amide bonds. The lowest BCUT2D eigenvalue weighted by molar-refractivity contribution is -0.385. The topological polar surface area (TPSA) is 71.3 Å². The highest BCUT2D eigenvalue weighted by molar-refractivity contribution is 5.48. The van der Waals surface area contributed by atoms with Crippen LogP contribution in [0.1, 0.15) is 32.3 Å². The molecule has 0 spiro atoms. The largest absolute Gasteiger partial charge is 0.370 e. The van der Waals surface area contributed by atoms with Crippen molar-refractivity contribution in [1.82, 2.24) is 9.88 Å². The van der Waals surface area contributed by atoms with Gasteiger partial charge < -0.3 is 10.2 Å². The fraction of sp³-hybridized carbons (Fsp3) is 0.643. The molecule has 0 aliphatic carbocycles. The van der Waals surface area contributed by atoms with E-state index < -0.39 is 0 Å². The summed E-state index contributed by atoms with van der Waals surface area (Å²) in [6, 6.07) is 2.06. The number of nitrogens with zero attached hydrogens (tertiary/aromatic N) is 3. The van der Waals surface area contributed by atoms with Crippen LogP contribution in [0.2, 0.25) is 0 Å². The fourth-order valence-electron chi connectivity index (χ4n) is 1.77. The molecule has 20 heavy (non-hydrogen) atoms. The molecule has 1 N–H and O–H groups in total. The summed E-state index contributed by atoms with van der Waals surface area (Å²) in [7, 11) is 2.11. The molecule has 112 valence electrons. The average molecular weight is 280 g/mol. The summed E-state index contributed by atoms with van der Waals surface area (Å²) in [4.78, 5) is 16.9. The number of aryl methyl sites for hydroxylation is 1. The van der Waals surface area contributed by atoms with Gasteiger partial charge in [0.1, 0.15) is 5.82 Å². The minimum atomic E-state index is -0.375. The number of pyridine rings is 1. The number of nitro groups is 1. The summed E-state index contributed by atoms with van der Waals surface area (Å²) < 4.78 is 0. The van der Waals surface area contributed by atoms with Gasteiger partial charge in [0.05, 0.1) is 11.0 Å². The van der Waals surface area contributed by atoms with Gasteiger partial charge in [0.25, 0.3) is 5.69 Å². The summed E-state index contributed by atoms with van der Waals surface area (Å²) in [5.74, 6) is 0.569. The molecule has 6 heteroatoms. The second-order valence-corrected chi connectivity index (χ2v) is 5.32. The van der Waals surface area contributed by atoms with Crippen molar-refractivity contribution in [3.05, 3.63) is 27.9 Å². The van der Waals surface area contributed by atoms with Crippen molar-refractivity contribution in [3.63, 3.8) is 0 Å². The Morgan fingerprint density at radius 1 is 1.45 bits per heavy atom. The SMILES string of the molecule is Cc1cnc(NCCCCN(C)C(C)C)cc1[N+](=O)[O-]. The van der Waals surface area contributed by atoms with Gasteiger partial charge in [-0.15, -0.1) is 0 Å². The molecular weight excluding hydrogens is 256 g/mol. The molecule has 1 rings (SSSR count). The number of rotatable bonds is 8. The molecule has 1 aromatic heterocycles. The van der Waals surface area contributed by atoms with Crippen molar-refractivity contribution in [3.8, 4) is 0 Å². The van der Waals surface area contributed by atoms with Gasteiger partial charge in [0, 0.05) is 24.3 Å². The molecule has 1 heterocycles. The van der Waals surface area contributed by atoms with Crippen LogP contribution < -0.4 is 5.32 Å². The van der Waals surface area contributed by atoms with E-state index in [-0.39, 0.29) is 10.6 Å². The van der Waals surface area contributed by atoms with Crippen molar-refractivity contribution in [2.45, 2.75) is 39.7 Å². The third-order valence-electron chi connectivity index (χ3n) is 3.40. The zero-order chi connectivity index (χ0) is 15.1. The molecule has 0 aliphatic heterocycles. The lowest BCUT2D eigenvalue weighted by Gasteiger charge is -2.20. The van der Waals surface area contributed by atoms with Crippen molar-refractivity contribution in [1.29, 1.82) is 0 Å². The molecular formula is C14H24N4O2. The number of hydrogen-bond acceptors (Lipinski definition) is 5. The lowest BCUT2D eigenvalue weighted by atomic mass is 10.2. The molecule has 0 radical (unpaired) electrons. The molecule has 0 saturated heterocycles. The van der Waals surface area contributed by atoms with E-state index in [2.05, 4.69) is 36.1 Å². The first-order valence-corrected chi connectivity index (χ1v) is 6.97. The Morgan fingerprint density at radius 2 is 2.15 bits per heavy atom. The first-order chi connectivity index (χ1) is 9.41. The minimum Gasteiger partial charge on any atom is -0.370 e. The number of nitrogens with one attached hydrogen (secondary N) is 1. The van der Waals surface area contributed by atoms with Crippen molar-refractivity contribution in [2.24, 2.45) is 0 Å². The maximum absolute atomic E-state index is 10.8. The normalized spacial score (nSPS) is 11.1. The highest BCUT2D eigenvalue weighted by Gasteiger charge is 2.11. The maximum atomic E-state index is 10.8. The van der Waals surface area contributed by atoms with Crippen LogP contribution in [0, 0.1) is 17.0 Å². The van der Waals surface area contributed by atoms with Crippen LogP contribution in [0.4, 0.5) is 11.5 Å². The molecule has 0 aliphatic rings. The van der Waals surface area contributed by atoms with Gasteiger partial charge >= 0.3 is 0 Å². The van der Waals surface area contributed by atoms with Gasteiger partial charge in [-0.1, -0.05) is 0 Å². The van der Waals surface area contributed by atoms with E-state index in [1.807, 2.05) is 0 Å². The third-order valence-corrected chi connectivity index (χ3v) is 3.40. The number of anilines is 1. The van der Waals surface area contributed by atoms with Crippen LogP contribution >= 0.6 is 0 Å². The van der Waals surface area contributed by atoms with E-state index in [4.69, 9.17) is 0 Å². The Balaban J connectivity index is 2.36. The fourth-order valence-corrected chi connectivity index (χ4v) is 1.77. The Labute approximate surface area is 120 Å². The minimum absolute atomic E-state index is 0.113. The van der Waals surface area contributed by atoms with Gasteiger partial charge in [0.15, 0.2) is 0 Å². The van der Waals surface area contributed by atoms with Crippen molar-refractivity contribution >= 4 is 11.5 Å². The number of unbranched alkanes of at least 4 members (excludes halogenated alkanes) is 1. The van der Waals surface area contributed by atoms with Crippen molar-refractivity contribution in [2.75, 3.05) is 25.5 Å². The zero-order valence-corrected chi connectivity index (χ0v) is 12.7. The predicted octanol–water partition coefficient (Wildman–Crippen LogP) is 2.83. The molecule has 0 atom stereocenters. The molecule has 0 saturated carbocycles. The summed E-state index contributed by atoms with van der Waals surface area (Å²) in [6.45, 7) is 7.87. The van der Waals surface area contributed by atoms with Crippen LogP contribution in [0.15, 0.2) is 12.3 Å². The Bertz CT molecular complexity index is 449. The van der Waals surface area contributed by atoms with E-state index in [1.165, 1.54) is 12.3 Å². The Hall–Kier alpha value is -1.69. The maximum Gasteiger partial charge on any atom is 0.277 e. The zero-order valence-electron chi connectivity index (χ0n) is 12.7. The van der Waals surface area contributed by atoms with E-state index in [9.17, 15) is 10.1 Å². The van der Waals surface area contributed by atoms with Crippen LogP contribution in [-0.4, -0.2) is 41.0 Å². The van der Waals surface area contributed by atoms with Gasteiger partial charge in [0.2, 0.25) is 0 Å². The molecule has 0 fully saturated rings. The lowest BCUT2D eigenvalue weighted by Crippen LogP contribution is -2.27. The monoisotopic (exact) mass is 280 g/mol. The summed E-state index contributed by atoms with van der Waals surface area (Å²) in [5, 5.41) is 14.0. The second-order valence-electron chi connectivity index (χ2n) is 5.32. The smallest absolute Gasteiger partial charge is 0.277 e. The third kappa shape index (κ3) is 5.13. The van der Waals surface area contributed by atoms with E-state index in [1.54, 1.807) is 6.92 Å². The van der Waals surface area contributed by atoms with Gasteiger partial charge in [-0.25, -0.2) is 4.98 Å². The first-order valence-electron chi connectivity index (χ1n) is 6.97. The van der Waals surface area contributed by atoms with Gasteiger partial charge in [-0.05, 0) is 47.2 Å². The van der Waals surface area contributed by atoms with Crippen LogP contribution in [0.25, 0.3) is 0 Å². The molecule has 6 nitrogen and oxygen atoms in total. The molecule has 0 unspecified atom stereocenters. The average Bonchev–Trinajstić information content (AvgIpc) is 2.39. The number of hydrogen-bond donors (Lipinski definition) is 1. The quantitative estimate of drug-likeness (QED) is 0.450. The summed E-state index contributed by atoms with van der Waals surface area (Å²) in [5.41, 5.74) is 0.696. The van der Waals surface area contributed by atoms with Gasteiger partial charge in [-0.3, -0.25) is 10.1 Å². The van der Waals surface area contributed by atoms with Crippen molar-refractivity contribution < 1.29 is 4.92 Å². The Kier molecular flexibility index (Phi) is 6.38. The van der Waals surface area contributed by atoms with Crippen LogP contribution in [0.5, 0.6) is 0 Å². The van der Waals surface area contributed by atoms with Gasteiger partial charge in [-0.2, -0.15) is 0 Å². The summed E-state index contributed by atoms with van der Waals surface area (Å²) in [6.07, 6.45) is 3.64. The molecule has 0 bridgehead atoms.